The smallest absolute Gasteiger partial charge is 0.407 e. The normalized spacial score (nSPS) is 15.9. The highest BCUT2D eigenvalue weighted by molar-refractivity contribution is 9.10. The third kappa shape index (κ3) is 7.06. The average molecular weight is 615 g/mol. The molecule has 3 rings (SSSR count). The minimum Gasteiger partial charge on any atom is -0.465 e. The Morgan fingerprint density at radius 2 is 1.71 bits per heavy atom. The van der Waals surface area contributed by atoms with Crippen molar-refractivity contribution in [2.24, 2.45) is 0 Å². The summed E-state index contributed by atoms with van der Waals surface area (Å²) in [6.45, 7) is 0.658. The molecule has 2 aromatic rings. The Morgan fingerprint density at radius 1 is 1.11 bits per heavy atom. The monoisotopic (exact) mass is 612 g/mol. The number of hydrogen-bond acceptors (Lipinski definition) is 2. The molecule has 1 saturated heterocycles. The summed E-state index contributed by atoms with van der Waals surface area (Å²) in [5.41, 5.74) is 0.590. The maximum Gasteiger partial charge on any atom is 0.407 e. The molecule has 12 heteroatoms. The highest BCUT2D eigenvalue weighted by atomic mass is 79.9. The van der Waals surface area contributed by atoms with E-state index in [4.69, 9.17) is 39.9 Å². The van der Waals surface area contributed by atoms with Gasteiger partial charge in [0.2, 0.25) is 0 Å². The number of likely N-dealkylation sites (tertiary alicyclic amines) is 1. The van der Waals surface area contributed by atoms with E-state index in [0.29, 0.717) is 41.5 Å². The summed E-state index contributed by atoms with van der Waals surface area (Å²) in [4.78, 5) is 25.0. The van der Waals surface area contributed by atoms with E-state index in [-0.39, 0.29) is 32.6 Å². The molecule has 0 saturated carbocycles. The van der Waals surface area contributed by atoms with Crippen molar-refractivity contribution < 1.29 is 27.9 Å². The number of nitrogens with one attached hydrogen (secondary N) is 1. The molecule has 0 radical (unpaired) electrons. The fraction of sp³-hybridized carbons (Fsp3) is 0.304. The number of benzene rings is 2. The van der Waals surface area contributed by atoms with E-state index in [9.17, 15) is 22.8 Å². The number of carboxylic acid groups (broad SMARTS) is 1. The molecule has 1 aliphatic rings. The van der Waals surface area contributed by atoms with Gasteiger partial charge in [-0.05, 0) is 64.2 Å². The van der Waals surface area contributed by atoms with Crippen LogP contribution in [-0.2, 0) is 0 Å². The van der Waals surface area contributed by atoms with Crippen LogP contribution in [0, 0.1) is 0 Å². The highest BCUT2D eigenvalue weighted by Gasteiger charge is 2.39. The van der Waals surface area contributed by atoms with Gasteiger partial charge in [-0.25, -0.2) is 4.79 Å². The molecule has 1 atom stereocenters. The second kappa shape index (κ2) is 11.4. The van der Waals surface area contributed by atoms with Crippen LogP contribution in [0.15, 0.2) is 40.9 Å². The fourth-order valence-electron chi connectivity index (χ4n) is 3.67. The van der Waals surface area contributed by atoms with Crippen molar-refractivity contribution >= 4 is 68.8 Å². The zero-order valence-corrected chi connectivity index (χ0v) is 21.7. The molecule has 0 aromatic heterocycles. The second-order valence-electron chi connectivity index (χ2n) is 7.93. The molecule has 1 heterocycles. The molecule has 2 aromatic carbocycles. The lowest BCUT2D eigenvalue weighted by Crippen LogP contribution is -2.46. The molecule has 1 unspecified atom stereocenters. The van der Waals surface area contributed by atoms with Crippen molar-refractivity contribution in [3.63, 3.8) is 0 Å². The van der Waals surface area contributed by atoms with E-state index in [1.807, 2.05) is 0 Å². The van der Waals surface area contributed by atoms with Gasteiger partial charge < -0.3 is 15.3 Å². The molecule has 0 spiro atoms. The van der Waals surface area contributed by atoms with E-state index in [2.05, 4.69) is 21.2 Å². The Morgan fingerprint density at radius 3 is 2.23 bits per heavy atom. The SMILES string of the molecule is O=C(NC1CCN(C(=O)O)CC1)c1ccc(/C=C/C(c2cc(Cl)c(Cl)c(Cl)c2)C(F)(F)F)cc1Br. The van der Waals surface area contributed by atoms with Crippen molar-refractivity contribution in [1.82, 2.24) is 10.2 Å². The molecule has 35 heavy (non-hydrogen) atoms. The average Bonchev–Trinajstić information content (AvgIpc) is 2.77. The van der Waals surface area contributed by atoms with Crippen LogP contribution in [0.1, 0.15) is 40.2 Å². The van der Waals surface area contributed by atoms with Crippen LogP contribution in [0.5, 0.6) is 0 Å². The van der Waals surface area contributed by atoms with Crippen LogP contribution in [0.2, 0.25) is 15.1 Å². The number of hydrogen-bond donors (Lipinski definition) is 2. The van der Waals surface area contributed by atoms with Gasteiger partial charge in [0.05, 0.1) is 26.5 Å². The number of amides is 2. The first kappa shape index (κ1) is 27.6. The Labute approximate surface area is 223 Å². The van der Waals surface area contributed by atoms with Crippen molar-refractivity contribution in [1.29, 1.82) is 0 Å². The number of halogens is 7. The van der Waals surface area contributed by atoms with Crippen LogP contribution in [-0.4, -0.2) is 47.3 Å². The van der Waals surface area contributed by atoms with Gasteiger partial charge in [-0.3, -0.25) is 4.79 Å². The van der Waals surface area contributed by atoms with Gasteiger partial charge in [-0.15, -0.1) is 0 Å². The molecule has 1 aliphatic heterocycles. The number of alkyl halides is 3. The molecule has 2 N–H and O–H groups in total. The molecule has 0 bridgehead atoms. The first-order valence-corrected chi connectivity index (χ1v) is 12.3. The molecule has 5 nitrogen and oxygen atoms in total. The molecular formula is C23H19BrCl3F3N2O3. The van der Waals surface area contributed by atoms with Crippen LogP contribution in [0.25, 0.3) is 6.08 Å². The summed E-state index contributed by atoms with van der Waals surface area (Å²) in [6.07, 6.45) is -2.33. The Kier molecular flexibility index (Phi) is 9.01. The van der Waals surface area contributed by atoms with E-state index < -0.39 is 18.2 Å². The number of nitrogens with zero attached hydrogens (tertiary/aromatic N) is 1. The van der Waals surface area contributed by atoms with Gasteiger partial charge in [0.1, 0.15) is 0 Å². The second-order valence-corrected chi connectivity index (χ2v) is 9.98. The van der Waals surface area contributed by atoms with Crippen LogP contribution >= 0.6 is 50.7 Å². The lowest BCUT2D eigenvalue weighted by Gasteiger charge is -2.30. The van der Waals surface area contributed by atoms with Crippen LogP contribution in [0.4, 0.5) is 18.0 Å². The number of rotatable bonds is 5. The highest BCUT2D eigenvalue weighted by Crippen LogP contribution is 2.41. The molecular weight excluding hydrogens is 596 g/mol. The maximum absolute atomic E-state index is 13.7. The quantitative estimate of drug-likeness (QED) is 0.340. The number of allylic oxidation sites excluding steroid dienone is 1. The summed E-state index contributed by atoms with van der Waals surface area (Å²) in [5, 5.41) is 11.7. The van der Waals surface area contributed by atoms with Gasteiger partial charge in [0, 0.05) is 23.6 Å². The van der Waals surface area contributed by atoms with Crippen LogP contribution < -0.4 is 5.32 Å². The van der Waals surface area contributed by atoms with Gasteiger partial charge in [0.15, 0.2) is 0 Å². The molecule has 188 valence electrons. The van der Waals surface area contributed by atoms with Crippen molar-refractivity contribution in [3.8, 4) is 0 Å². The van der Waals surface area contributed by atoms with E-state index in [1.54, 1.807) is 0 Å². The molecule has 1 fully saturated rings. The Balaban J connectivity index is 1.74. The first-order valence-electron chi connectivity index (χ1n) is 10.3. The van der Waals surface area contributed by atoms with E-state index in [1.165, 1.54) is 29.2 Å². The number of carbonyl (C=O) groups excluding carboxylic acids is 1. The lowest BCUT2D eigenvalue weighted by molar-refractivity contribution is -0.139. The van der Waals surface area contributed by atoms with Crippen molar-refractivity contribution in [2.45, 2.75) is 31.0 Å². The summed E-state index contributed by atoms with van der Waals surface area (Å²) in [7, 11) is 0. The third-order valence-corrected chi connectivity index (χ3v) is 7.39. The topological polar surface area (TPSA) is 69.6 Å². The zero-order valence-electron chi connectivity index (χ0n) is 17.9. The number of piperidine rings is 1. The molecule has 2 amide bonds. The third-order valence-electron chi connectivity index (χ3n) is 5.54. The zero-order chi connectivity index (χ0) is 25.9. The lowest BCUT2D eigenvalue weighted by atomic mass is 9.97. The Hall–Kier alpha value is -1.94. The number of carbonyl (C=O) groups is 2. The van der Waals surface area contributed by atoms with Gasteiger partial charge in [0.25, 0.3) is 5.91 Å². The molecule has 0 aliphatic carbocycles. The first-order chi connectivity index (χ1) is 16.4. The summed E-state index contributed by atoms with van der Waals surface area (Å²) in [5.74, 6) is -2.34. The van der Waals surface area contributed by atoms with Gasteiger partial charge >= 0.3 is 12.3 Å². The summed E-state index contributed by atoms with van der Waals surface area (Å²) in [6, 6.07) is 6.65. The summed E-state index contributed by atoms with van der Waals surface area (Å²) >= 11 is 21.0. The predicted octanol–water partition coefficient (Wildman–Crippen LogP) is 7.64. The van der Waals surface area contributed by atoms with Crippen molar-refractivity contribution in [2.75, 3.05) is 13.1 Å². The Bertz CT molecular complexity index is 1130. The van der Waals surface area contributed by atoms with Crippen molar-refractivity contribution in [3.05, 3.63) is 72.6 Å². The minimum absolute atomic E-state index is 0.0211. The maximum atomic E-state index is 13.7. The standard InChI is InChI=1S/C23H19BrCl3F3N2O3/c24-17-9-12(1-3-15(17)21(33)31-14-5-7-32(8-6-14)22(34)35)2-4-16(23(28,29)30)13-10-18(25)20(27)19(26)11-13/h1-4,9-11,14,16H,5-8H2,(H,31,33)(H,34,35)/b4-2+. The van der Waals surface area contributed by atoms with Crippen LogP contribution in [0.3, 0.4) is 0 Å². The fourth-order valence-corrected chi connectivity index (χ4v) is 4.86. The minimum atomic E-state index is -4.61. The largest absolute Gasteiger partial charge is 0.465 e. The van der Waals surface area contributed by atoms with Gasteiger partial charge in [-0.1, -0.05) is 53.0 Å². The van der Waals surface area contributed by atoms with E-state index in [0.717, 1.165) is 18.2 Å². The van der Waals surface area contributed by atoms with Gasteiger partial charge in [-0.2, -0.15) is 13.2 Å². The predicted molar refractivity (Wildman–Crippen MR) is 134 cm³/mol. The van der Waals surface area contributed by atoms with E-state index >= 15 is 0 Å². The summed E-state index contributed by atoms with van der Waals surface area (Å²) < 4.78 is 41.6.